The summed E-state index contributed by atoms with van der Waals surface area (Å²) in [5.41, 5.74) is 0. The molecule has 30 heavy (non-hydrogen) atoms. The quantitative estimate of drug-likeness (QED) is 0.184. The van der Waals surface area contributed by atoms with Gasteiger partial charge in [-0.15, -0.1) is 0 Å². The first-order valence-corrected chi connectivity index (χ1v) is 37.7. The summed E-state index contributed by atoms with van der Waals surface area (Å²) in [6.45, 7) is 45.8. The van der Waals surface area contributed by atoms with Crippen molar-refractivity contribution in [1.29, 1.82) is 0 Å². The molecule has 0 radical (unpaired) electrons. The van der Waals surface area contributed by atoms with Gasteiger partial charge in [-0.05, 0) is 8.05 Å². The molecule has 0 fully saturated rings. The van der Waals surface area contributed by atoms with Gasteiger partial charge in [-0.25, -0.2) is 0 Å². The van der Waals surface area contributed by atoms with Crippen molar-refractivity contribution in [2.45, 2.75) is 126 Å². The molecule has 10 heteroatoms. The first kappa shape index (κ1) is 32.7. The van der Waals surface area contributed by atoms with Crippen LogP contribution in [0.5, 0.6) is 0 Å². The third-order valence-electron chi connectivity index (χ3n) is 7.22. The molecule has 2 atom stereocenters. The van der Waals surface area contributed by atoms with Crippen molar-refractivity contribution >= 4 is 84.9 Å². The molecule has 0 aliphatic rings. The van der Waals surface area contributed by atoms with Gasteiger partial charge in [0.1, 0.15) is 0 Å². The van der Waals surface area contributed by atoms with Gasteiger partial charge in [0.05, 0.1) is 48.4 Å². The average molecular weight is 596 g/mol. The summed E-state index contributed by atoms with van der Waals surface area (Å²) in [6.07, 6.45) is 0. The van der Waals surface area contributed by atoms with Crippen molar-refractivity contribution in [2.24, 2.45) is 0 Å². The second kappa shape index (κ2) is 9.32. The van der Waals surface area contributed by atoms with Crippen LogP contribution in [0, 0.1) is 0 Å². The summed E-state index contributed by atoms with van der Waals surface area (Å²) in [5.74, 6) is 0. The fourth-order valence-corrected chi connectivity index (χ4v) is 119. The van der Waals surface area contributed by atoms with Crippen LogP contribution in [0.2, 0.25) is 118 Å². The lowest BCUT2D eigenvalue weighted by Gasteiger charge is -2.67. The fraction of sp³-hybridized carbons (Fsp3) is 1.00. The molecule has 0 amide bonds. The standard InChI is InChI=1S/C20H54Cl2P2Si6/c1-25(2,3)19(26(4,5)6,27(7,8)9)23(21)24(22)20(28(10,11)12,29(13,14)15)30(16,17)18/h1-18H3. The van der Waals surface area contributed by atoms with E-state index in [1.807, 2.05) is 0 Å². The van der Waals surface area contributed by atoms with E-state index in [0.29, 0.717) is 8.05 Å². The number of hydrogen-bond donors (Lipinski definition) is 0. The molecule has 182 valence electrons. The van der Waals surface area contributed by atoms with Crippen molar-refractivity contribution < 1.29 is 0 Å². The van der Waals surface area contributed by atoms with Gasteiger partial charge in [-0.3, -0.25) is 0 Å². The SMILES string of the molecule is C[Si](C)(C)C(P(Cl)P(Cl)C([Si](C)(C)C)([Si](C)(C)C)[Si](C)(C)C)([Si](C)(C)C)[Si](C)(C)C. The third-order valence-corrected chi connectivity index (χ3v) is 78.4. The Kier molecular flexibility index (Phi) is 10.2. The maximum absolute atomic E-state index is 8.04. The van der Waals surface area contributed by atoms with Gasteiger partial charge >= 0.3 is 0 Å². The van der Waals surface area contributed by atoms with E-state index in [-0.39, 0.29) is 0 Å². The molecule has 0 saturated heterocycles. The molecule has 0 aliphatic heterocycles. The Morgan fingerprint density at radius 2 is 0.433 bits per heavy atom. The first-order valence-electron chi connectivity index (χ1n) is 11.5. The molecule has 0 heterocycles. The van der Waals surface area contributed by atoms with Crippen LogP contribution in [0.4, 0.5) is 0 Å². The largest absolute Gasteiger partial charge is 0.0904 e. The molecule has 0 bridgehead atoms. The van der Waals surface area contributed by atoms with E-state index >= 15 is 0 Å². The number of rotatable bonds is 9. The minimum Gasteiger partial charge on any atom is -0.0904 e. The lowest BCUT2D eigenvalue weighted by Crippen LogP contribution is -2.78. The van der Waals surface area contributed by atoms with Crippen LogP contribution in [0.3, 0.4) is 0 Å². The lowest BCUT2D eigenvalue weighted by atomic mass is 11.6. The second-order valence-electron chi connectivity index (χ2n) is 15.4. The van der Waals surface area contributed by atoms with Gasteiger partial charge in [-0.1, -0.05) is 140 Å². The molecule has 0 spiro atoms. The molecule has 0 saturated carbocycles. The molecular weight excluding hydrogens is 542 g/mol. The van der Waals surface area contributed by atoms with Crippen molar-refractivity contribution in [1.82, 2.24) is 0 Å². The molecule has 0 rings (SSSR count). The predicted octanol–water partition coefficient (Wildman–Crippen LogP) is 10.9. The van der Waals surface area contributed by atoms with E-state index in [1.165, 1.54) is 0 Å². The molecule has 0 N–H and O–H groups in total. The Hall–Kier alpha value is 2.74. The van der Waals surface area contributed by atoms with Crippen molar-refractivity contribution in [3.63, 3.8) is 0 Å². The maximum Gasteiger partial charge on any atom is 0.0517 e. The Balaban J connectivity index is 7.55. The summed E-state index contributed by atoms with van der Waals surface area (Å²) in [5, 5.41) is 0. The summed E-state index contributed by atoms with van der Waals surface area (Å²) >= 11 is 16.1. The van der Waals surface area contributed by atoms with Gasteiger partial charge < -0.3 is 0 Å². The zero-order chi connectivity index (χ0) is 25.2. The highest BCUT2D eigenvalue weighted by atomic mass is 35.7. The fourth-order valence-electron chi connectivity index (χ4n) is 8.67. The molecular formula is C20H54Cl2P2Si6. The van der Waals surface area contributed by atoms with Crippen molar-refractivity contribution in [3.05, 3.63) is 0 Å². The van der Waals surface area contributed by atoms with E-state index in [1.54, 1.807) is 0 Å². The number of hydrogen-bond acceptors (Lipinski definition) is 0. The molecule has 0 aromatic rings. The highest BCUT2D eigenvalue weighted by molar-refractivity contribution is 8.52. The van der Waals surface area contributed by atoms with Crippen LogP contribution < -0.4 is 0 Å². The van der Waals surface area contributed by atoms with Crippen LogP contribution in [-0.2, 0) is 0 Å². The topological polar surface area (TPSA) is 0 Å². The van der Waals surface area contributed by atoms with Crippen LogP contribution in [0.15, 0.2) is 0 Å². The summed E-state index contributed by atoms with van der Waals surface area (Å²) in [7, 11) is -9.55. The maximum atomic E-state index is 8.04. The zero-order valence-corrected chi connectivity index (χ0v) is 33.0. The van der Waals surface area contributed by atoms with Gasteiger partial charge in [-0.2, -0.15) is 0 Å². The minimum atomic E-state index is -1.59. The summed E-state index contributed by atoms with van der Waals surface area (Å²) in [6, 6.07) is 0. The second-order valence-corrected chi connectivity index (χ2v) is 60.7. The lowest BCUT2D eigenvalue weighted by molar-refractivity contribution is 1.26. The Morgan fingerprint density at radius 3 is 0.500 bits per heavy atom. The van der Waals surface area contributed by atoms with Crippen molar-refractivity contribution in [3.8, 4) is 0 Å². The molecule has 0 aromatic carbocycles. The van der Waals surface area contributed by atoms with Gasteiger partial charge in [0.15, 0.2) is 0 Å². The van der Waals surface area contributed by atoms with Crippen LogP contribution in [0.1, 0.15) is 0 Å². The van der Waals surface area contributed by atoms with Crippen molar-refractivity contribution in [2.75, 3.05) is 0 Å². The van der Waals surface area contributed by atoms with E-state index in [2.05, 4.69) is 118 Å². The molecule has 0 aromatic heterocycles. The van der Waals surface area contributed by atoms with E-state index in [0.717, 1.165) is 0 Å². The Morgan fingerprint density at radius 1 is 0.333 bits per heavy atom. The third kappa shape index (κ3) is 5.14. The molecule has 2 unspecified atom stereocenters. The highest BCUT2D eigenvalue weighted by Crippen LogP contribution is 2.91. The van der Waals surface area contributed by atoms with Crippen LogP contribution in [-0.4, -0.2) is 56.5 Å². The normalized spacial score (nSPS) is 18.4. The Bertz CT molecular complexity index is 476. The highest BCUT2D eigenvalue weighted by Gasteiger charge is 2.71. The monoisotopic (exact) mass is 594 g/mol. The van der Waals surface area contributed by atoms with E-state index < -0.39 is 62.4 Å². The first-order chi connectivity index (χ1) is 12.6. The number of halogens is 2. The van der Waals surface area contributed by atoms with E-state index in [4.69, 9.17) is 22.5 Å². The zero-order valence-electron chi connectivity index (χ0n) is 23.7. The summed E-state index contributed by atoms with van der Waals surface area (Å²) < 4.78 is 0.725. The smallest absolute Gasteiger partial charge is 0.0517 e. The van der Waals surface area contributed by atoms with Crippen LogP contribution in [0.25, 0.3) is 0 Å². The Labute approximate surface area is 209 Å². The molecule has 0 aliphatic carbocycles. The molecule has 0 nitrogen and oxygen atoms in total. The van der Waals surface area contributed by atoms with Gasteiger partial charge in [0.2, 0.25) is 0 Å². The predicted molar refractivity (Wildman–Crippen MR) is 171 cm³/mol. The van der Waals surface area contributed by atoms with Crippen LogP contribution >= 0.6 is 36.4 Å². The average Bonchev–Trinajstić information content (AvgIpc) is 2.27. The van der Waals surface area contributed by atoms with Gasteiger partial charge in [0.25, 0.3) is 0 Å². The van der Waals surface area contributed by atoms with Gasteiger partial charge in [0, 0.05) is 13.9 Å². The minimum absolute atomic E-state index is 0.363. The van der Waals surface area contributed by atoms with E-state index in [9.17, 15) is 0 Å². The summed E-state index contributed by atoms with van der Waals surface area (Å²) in [4.78, 5) is 0.